The van der Waals surface area contributed by atoms with E-state index >= 15 is 0 Å². The lowest BCUT2D eigenvalue weighted by Crippen LogP contribution is -2.42. The highest BCUT2D eigenvalue weighted by molar-refractivity contribution is 5.85. The van der Waals surface area contributed by atoms with Gasteiger partial charge in [0.2, 0.25) is 5.91 Å². The zero-order valence-corrected chi connectivity index (χ0v) is 10.2. The van der Waals surface area contributed by atoms with Gasteiger partial charge in [-0.05, 0) is 32.6 Å². The highest BCUT2D eigenvalue weighted by atomic mass is 35.5. The number of carbonyl (C=O) groups excluding carboxylic acids is 1. The summed E-state index contributed by atoms with van der Waals surface area (Å²) in [5.74, 6) is 0.556. The molecule has 2 atom stereocenters. The molecule has 3 N–H and O–H groups in total. The minimum atomic E-state index is -0.369. The highest BCUT2D eigenvalue weighted by Crippen LogP contribution is 2.31. The van der Waals surface area contributed by atoms with Gasteiger partial charge in [0.25, 0.3) is 0 Å². The van der Waals surface area contributed by atoms with E-state index in [2.05, 4.69) is 5.32 Å². The summed E-state index contributed by atoms with van der Waals surface area (Å²) in [4.78, 5) is 11.4. The van der Waals surface area contributed by atoms with Gasteiger partial charge in [0, 0.05) is 19.2 Å². The predicted octanol–water partition coefficient (Wildman–Crippen LogP) is 0.687. The molecule has 2 unspecified atom stereocenters. The van der Waals surface area contributed by atoms with Gasteiger partial charge in [-0.15, -0.1) is 12.4 Å². The number of halogens is 1. The fourth-order valence-electron chi connectivity index (χ4n) is 1.38. The Morgan fingerprint density at radius 1 is 1.60 bits per heavy atom. The van der Waals surface area contributed by atoms with Crippen molar-refractivity contribution in [2.45, 2.75) is 38.8 Å². The molecule has 90 valence electrons. The summed E-state index contributed by atoms with van der Waals surface area (Å²) in [6.45, 7) is 4.76. The maximum Gasteiger partial charge on any atom is 0.248 e. The Bertz CT molecular complexity index is 198. The van der Waals surface area contributed by atoms with Gasteiger partial charge in [-0.2, -0.15) is 0 Å². The van der Waals surface area contributed by atoms with Crippen LogP contribution in [0, 0.1) is 5.92 Å². The third kappa shape index (κ3) is 5.35. The Balaban J connectivity index is 0.00000196. The molecule has 0 aromatic carbocycles. The van der Waals surface area contributed by atoms with E-state index in [-0.39, 0.29) is 30.5 Å². The Morgan fingerprint density at radius 3 is 2.67 bits per heavy atom. The fraction of sp³-hybridized carbons (Fsp3) is 0.900. The molecule has 1 amide bonds. The molecule has 0 saturated heterocycles. The molecule has 1 fully saturated rings. The van der Waals surface area contributed by atoms with Crippen LogP contribution in [-0.2, 0) is 9.53 Å². The second-order valence-electron chi connectivity index (χ2n) is 3.84. The molecule has 1 aliphatic rings. The summed E-state index contributed by atoms with van der Waals surface area (Å²) in [6, 6.07) is 0.118. The molecule has 0 radical (unpaired) electrons. The van der Waals surface area contributed by atoms with Crippen LogP contribution in [0.15, 0.2) is 0 Å². The van der Waals surface area contributed by atoms with E-state index < -0.39 is 0 Å². The number of amides is 1. The molecule has 1 rings (SSSR count). The molecule has 0 bridgehead atoms. The van der Waals surface area contributed by atoms with E-state index in [1.165, 1.54) is 12.8 Å². The van der Waals surface area contributed by atoms with E-state index in [1.807, 2.05) is 6.92 Å². The van der Waals surface area contributed by atoms with Gasteiger partial charge in [0.15, 0.2) is 0 Å². The normalized spacial score (nSPS) is 18.9. The van der Waals surface area contributed by atoms with E-state index in [1.54, 1.807) is 6.92 Å². The van der Waals surface area contributed by atoms with Gasteiger partial charge in [0.05, 0.1) is 0 Å². The molecular weight excluding hydrogens is 216 g/mol. The number of rotatable bonds is 6. The van der Waals surface area contributed by atoms with Crippen LogP contribution < -0.4 is 11.1 Å². The van der Waals surface area contributed by atoms with Crippen LogP contribution in [0.25, 0.3) is 0 Å². The maximum atomic E-state index is 11.4. The summed E-state index contributed by atoms with van der Waals surface area (Å²) in [6.07, 6.45) is 2.04. The molecule has 0 aromatic heterocycles. The van der Waals surface area contributed by atoms with Gasteiger partial charge in [-0.25, -0.2) is 0 Å². The van der Waals surface area contributed by atoms with Crippen molar-refractivity contribution in [3.63, 3.8) is 0 Å². The highest BCUT2D eigenvalue weighted by Gasteiger charge is 2.28. The van der Waals surface area contributed by atoms with Crippen LogP contribution in [0.5, 0.6) is 0 Å². The number of nitrogens with one attached hydrogen (secondary N) is 1. The Hall–Kier alpha value is -0.320. The van der Waals surface area contributed by atoms with Crippen LogP contribution in [0.1, 0.15) is 26.7 Å². The van der Waals surface area contributed by atoms with Gasteiger partial charge >= 0.3 is 0 Å². The first kappa shape index (κ1) is 14.7. The SMILES string of the molecule is CCOC(C)C(=O)NCC(N)C1CC1.Cl. The van der Waals surface area contributed by atoms with Crippen molar-refractivity contribution < 1.29 is 9.53 Å². The number of hydrogen-bond acceptors (Lipinski definition) is 3. The monoisotopic (exact) mass is 236 g/mol. The average Bonchev–Trinajstić information content (AvgIpc) is 2.97. The van der Waals surface area contributed by atoms with Crippen molar-refractivity contribution in [2.75, 3.05) is 13.2 Å². The second-order valence-corrected chi connectivity index (χ2v) is 3.84. The van der Waals surface area contributed by atoms with Crippen LogP contribution in [0.3, 0.4) is 0 Å². The molecule has 15 heavy (non-hydrogen) atoms. The number of hydrogen-bond donors (Lipinski definition) is 2. The summed E-state index contributed by atoms with van der Waals surface area (Å²) in [7, 11) is 0. The smallest absolute Gasteiger partial charge is 0.248 e. The summed E-state index contributed by atoms with van der Waals surface area (Å²) in [5, 5.41) is 2.80. The van der Waals surface area contributed by atoms with Crippen molar-refractivity contribution in [3.8, 4) is 0 Å². The van der Waals surface area contributed by atoms with E-state index in [9.17, 15) is 4.79 Å². The van der Waals surface area contributed by atoms with Crippen molar-refractivity contribution in [1.29, 1.82) is 0 Å². The first-order valence-corrected chi connectivity index (χ1v) is 5.30. The maximum absolute atomic E-state index is 11.4. The number of carbonyl (C=O) groups is 1. The lowest BCUT2D eigenvalue weighted by Gasteiger charge is -2.15. The van der Waals surface area contributed by atoms with Crippen molar-refractivity contribution >= 4 is 18.3 Å². The van der Waals surface area contributed by atoms with Crippen LogP contribution in [0.2, 0.25) is 0 Å². The minimum absolute atomic E-state index is 0. The largest absolute Gasteiger partial charge is 0.369 e. The van der Waals surface area contributed by atoms with Gasteiger partial charge in [-0.3, -0.25) is 4.79 Å². The third-order valence-corrected chi connectivity index (χ3v) is 2.53. The molecule has 5 heteroatoms. The lowest BCUT2D eigenvalue weighted by molar-refractivity contribution is -0.131. The average molecular weight is 237 g/mol. The molecule has 1 saturated carbocycles. The van der Waals surface area contributed by atoms with Gasteiger partial charge < -0.3 is 15.8 Å². The standard InChI is InChI=1S/C10H20N2O2.ClH/c1-3-14-7(2)10(13)12-6-9(11)8-4-5-8;/h7-9H,3-6,11H2,1-2H3,(H,12,13);1H. The van der Waals surface area contributed by atoms with Crippen LogP contribution in [0.4, 0.5) is 0 Å². The first-order valence-electron chi connectivity index (χ1n) is 5.30. The van der Waals surface area contributed by atoms with E-state index in [0.717, 1.165) is 0 Å². The predicted molar refractivity (Wildman–Crippen MR) is 62.0 cm³/mol. The van der Waals surface area contributed by atoms with E-state index in [0.29, 0.717) is 19.1 Å². The summed E-state index contributed by atoms with van der Waals surface area (Å²) >= 11 is 0. The topological polar surface area (TPSA) is 64.3 Å². The molecule has 0 heterocycles. The number of ether oxygens (including phenoxy) is 1. The molecular formula is C10H21ClN2O2. The summed E-state index contributed by atoms with van der Waals surface area (Å²) < 4.78 is 5.16. The quantitative estimate of drug-likeness (QED) is 0.713. The second kappa shape index (κ2) is 7.04. The van der Waals surface area contributed by atoms with Gasteiger partial charge in [-0.1, -0.05) is 0 Å². The Morgan fingerprint density at radius 2 is 2.20 bits per heavy atom. The van der Waals surface area contributed by atoms with Crippen molar-refractivity contribution in [3.05, 3.63) is 0 Å². The Labute approximate surface area is 97.3 Å². The van der Waals surface area contributed by atoms with Crippen molar-refractivity contribution in [1.82, 2.24) is 5.32 Å². The molecule has 0 aromatic rings. The minimum Gasteiger partial charge on any atom is -0.369 e. The molecule has 0 aliphatic heterocycles. The molecule has 4 nitrogen and oxygen atoms in total. The zero-order chi connectivity index (χ0) is 10.6. The zero-order valence-electron chi connectivity index (χ0n) is 9.36. The van der Waals surface area contributed by atoms with Crippen LogP contribution >= 0.6 is 12.4 Å². The lowest BCUT2D eigenvalue weighted by atomic mass is 10.2. The first-order chi connectivity index (χ1) is 6.65. The van der Waals surface area contributed by atoms with Crippen LogP contribution in [-0.4, -0.2) is 31.2 Å². The van der Waals surface area contributed by atoms with Crippen molar-refractivity contribution in [2.24, 2.45) is 11.7 Å². The van der Waals surface area contributed by atoms with Gasteiger partial charge in [0.1, 0.15) is 6.10 Å². The summed E-state index contributed by atoms with van der Waals surface area (Å²) in [5.41, 5.74) is 5.85. The molecule has 1 aliphatic carbocycles. The molecule has 0 spiro atoms. The Kier molecular flexibility index (Phi) is 6.89. The number of nitrogens with two attached hydrogens (primary N) is 1. The third-order valence-electron chi connectivity index (χ3n) is 2.53. The van der Waals surface area contributed by atoms with E-state index in [4.69, 9.17) is 10.5 Å². The fourth-order valence-corrected chi connectivity index (χ4v) is 1.38.